The quantitative estimate of drug-likeness (QED) is 0.817. The Morgan fingerprint density at radius 3 is 2.17 bits per heavy atom. The van der Waals surface area contributed by atoms with Crippen molar-refractivity contribution in [2.24, 2.45) is 5.92 Å². The zero-order valence-corrected chi connectivity index (χ0v) is 17.6. The molecule has 0 aliphatic carbocycles. The lowest BCUT2D eigenvalue weighted by atomic mass is 10.0. The van der Waals surface area contributed by atoms with E-state index in [9.17, 15) is 9.59 Å². The van der Waals surface area contributed by atoms with Gasteiger partial charge < -0.3 is 15.1 Å². The summed E-state index contributed by atoms with van der Waals surface area (Å²) < 4.78 is 0. The van der Waals surface area contributed by atoms with Gasteiger partial charge in [-0.1, -0.05) is 50.2 Å². The second kappa shape index (κ2) is 9.59. The molecule has 1 aliphatic heterocycles. The minimum Gasteiger partial charge on any atom is -0.368 e. The monoisotopic (exact) mass is 393 g/mol. The predicted molar refractivity (Wildman–Crippen MR) is 117 cm³/mol. The first-order valence-electron chi connectivity index (χ1n) is 10.4. The van der Waals surface area contributed by atoms with Crippen LogP contribution in [0.3, 0.4) is 0 Å². The fraction of sp³-hybridized carbons (Fsp3) is 0.417. The fourth-order valence-electron chi connectivity index (χ4n) is 3.80. The minimum atomic E-state index is -0.495. The third kappa shape index (κ3) is 5.37. The molecule has 1 saturated heterocycles. The average molecular weight is 394 g/mol. The van der Waals surface area contributed by atoms with Crippen molar-refractivity contribution in [1.29, 1.82) is 0 Å². The summed E-state index contributed by atoms with van der Waals surface area (Å²) in [5.74, 6) is 0.157. The number of nitrogens with zero attached hydrogens (tertiary/aromatic N) is 2. The van der Waals surface area contributed by atoms with Crippen LogP contribution in [0.2, 0.25) is 0 Å². The molecule has 1 N–H and O–H groups in total. The van der Waals surface area contributed by atoms with Crippen LogP contribution in [-0.2, 0) is 4.79 Å². The molecule has 154 valence electrons. The highest BCUT2D eigenvalue weighted by molar-refractivity contribution is 5.98. The third-order valence-corrected chi connectivity index (χ3v) is 5.41. The zero-order chi connectivity index (χ0) is 20.8. The molecule has 0 radical (unpaired) electrons. The second-order valence-corrected chi connectivity index (χ2v) is 8.12. The van der Waals surface area contributed by atoms with Crippen LogP contribution in [0, 0.1) is 12.8 Å². The normalized spacial score (nSPS) is 15.3. The van der Waals surface area contributed by atoms with E-state index in [0.717, 1.165) is 18.7 Å². The summed E-state index contributed by atoms with van der Waals surface area (Å²) in [5, 5.41) is 3.00. The van der Waals surface area contributed by atoms with Crippen LogP contribution >= 0.6 is 0 Å². The first-order chi connectivity index (χ1) is 14.0. The number of carbonyl (C=O) groups is 2. The van der Waals surface area contributed by atoms with E-state index < -0.39 is 6.04 Å². The number of hydrogen-bond acceptors (Lipinski definition) is 3. The Kier molecular flexibility index (Phi) is 6.91. The molecular formula is C24H31N3O2. The van der Waals surface area contributed by atoms with Gasteiger partial charge in [-0.05, 0) is 43.0 Å². The van der Waals surface area contributed by atoms with Gasteiger partial charge in [-0.15, -0.1) is 0 Å². The molecule has 1 fully saturated rings. The lowest BCUT2D eigenvalue weighted by Crippen LogP contribution is -2.55. The number of amides is 2. The van der Waals surface area contributed by atoms with Crippen molar-refractivity contribution >= 4 is 17.5 Å². The highest BCUT2D eigenvalue weighted by Gasteiger charge is 2.29. The Labute approximate surface area is 173 Å². The van der Waals surface area contributed by atoms with E-state index in [1.54, 1.807) is 6.07 Å². The first kappa shape index (κ1) is 20.9. The molecule has 2 amide bonds. The number of nitrogens with one attached hydrogen (secondary N) is 1. The number of carbonyl (C=O) groups excluding carboxylic acids is 2. The number of aryl methyl sites for hydroxylation is 1. The topological polar surface area (TPSA) is 52.7 Å². The first-order valence-corrected chi connectivity index (χ1v) is 10.4. The van der Waals surface area contributed by atoms with Gasteiger partial charge in [0.15, 0.2) is 0 Å². The lowest BCUT2D eigenvalue weighted by molar-refractivity contribution is -0.134. The van der Waals surface area contributed by atoms with Gasteiger partial charge in [0, 0.05) is 37.4 Å². The molecule has 0 saturated carbocycles. The molecule has 5 nitrogen and oxygen atoms in total. The van der Waals surface area contributed by atoms with Crippen molar-refractivity contribution in [3.05, 3.63) is 65.7 Å². The predicted octanol–water partition coefficient (Wildman–Crippen LogP) is 3.49. The number of para-hydroxylation sites is 1. The van der Waals surface area contributed by atoms with Crippen LogP contribution in [0.1, 0.15) is 36.2 Å². The van der Waals surface area contributed by atoms with Crippen molar-refractivity contribution < 1.29 is 9.59 Å². The summed E-state index contributed by atoms with van der Waals surface area (Å²) >= 11 is 0. The van der Waals surface area contributed by atoms with E-state index in [1.807, 2.05) is 48.2 Å². The van der Waals surface area contributed by atoms with Gasteiger partial charge in [-0.2, -0.15) is 0 Å². The highest BCUT2D eigenvalue weighted by Crippen LogP contribution is 2.17. The molecule has 1 aliphatic rings. The number of piperazine rings is 1. The summed E-state index contributed by atoms with van der Waals surface area (Å²) in [4.78, 5) is 30.2. The Morgan fingerprint density at radius 2 is 1.55 bits per heavy atom. The third-order valence-electron chi connectivity index (χ3n) is 5.41. The van der Waals surface area contributed by atoms with E-state index in [2.05, 4.69) is 36.2 Å². The fourth-order valence-corrected chi connectivity index (χ4v) is 3.80. The molecule has 2 aromatic rings. The van der Waals surface area contributed by atoms with Crippen molar-refractivity contribution in [1.82, 2.24) is 10.2 Å². The number of rotatable bonds is 6. The standard InChI is InChI=1S/C24H31N3O2/c1-18(2)17-22(25-23(28)21-12-8-7-9-19(21)3)24(29)27-15-13-26(14-16-27)20-10-5-4-6-11-20/h4-12,18,22H,13-17H2,1-3H3,(H,25,28)/t22-/m0/s1. The van der Waals surface area contributed by atoms with E-state index in [1.165, 1.54) is 5.69 Å². The number of hydrogen-bond donors (Lipinski definition) is 1. The Bertz CT molecular complexity index is 827. The molecule has 2 aromatic carbocycles. The molecular weight excluding hydrogens is 362 g/mol. The van der Waals surface area contributed by atoms with Crippen molar-refractivity contribution in [3.8, 4) is 0 Å². The second-order valence-electron chi connectivity index (χ2n) is 8.12. The summed E-state index contributed by atoms with van der Waals surface area (Å²) in [7, 11) is 0. The maximum atomic E-state index is 13.2. The van der Waals surface area contributed by atoms with Crippen molar-refractivity contribution in [2.75, 3.05) is 31.1 Å². The lowest BCUT2D eigenvalue weighted by Gasteiger charge is -2.38. The molecule has 0 aromatic heterocycles. The van der Waals surface area contributed by atoms with E-state index in [4.69, 9.17) is 0 Å². The summed E-state index contributed by atoms with van der Waals surface area (Å²) in [6, 6.07) is 17.3. The Balaban J connectivity index is 1.65. The Hall–Kier alpha value is -2.82. The van der Waals surface area contributed by atoms with Gasteiger partial charge in [0.25, 0.3) is 5.91 Å². The number of anilines is 1. The number of benzene rings is 2. The Morgan fingerprint density at radius 1 is 0.931 bits per heavy atom. The molecule has 0 spiro atoms. The van der Waals surface area contributed by atoms with Gasteiger partial charge in [-0.25, -0.2) is 0 Å². The van der Waals surface area contributed by atoms with Crippen LogP contribution in [0.4, 0.5) is 5.69 Å². The smallest absolute Gasteiger partial charge is 0.252 e. The van der Waals surface area contributed by atoms with Gasteiger partial charge in [0.05, 0.1) is 0 Å². The van der Waals surface area contributed by atoms with Crippen molar-refractivity contribution in [3.63, 3.8) is 0 Å². The van der Waals surface area contributed by atoms with Crippen LogP contribution in [0.5, 0.6) is 0 Å². The van der Waals surface area contributed by atoms with Gasteiger partial charge in [0.2, 0.25) is 5.91 Å². The van der Waals surface area contributed by atoms with Crippen LogP contribution in [-0.4, -0.2) is 48.9 Å². The molecule has 29 heavy (non-hydrogen) atoms. The largest absolute Gasteiger partial charge is 0.368 e. The van der Waals surface area contributed by atoms with Crippen molar-refractivity contribution in [2.45, 2.75) is 33.2 Å². The maximum Gasteiger partial charge on any atom is 0.252 e. The van der Waals surface area contributed by atoms with E-state index in [-0.39, 0.29) is 11.8 Å². The van der Waals surface area contributed by atoms with E-state index >= 15 is 0 Å². The van der Waals surface area contributed by atoms with Gasteiger partial charge >= 0.3 is 0 Å². The molecule has 3 rings (SSSR count). The highest BCUT2D eigenvalue weighted by atomic mass is 16.2. The maximum absolute atomic E-state index is 13.2. The molecule has 0 unspecified atom stereocenters. The average Bonchev–Trinajstić information content (AvgIpc) is 2.73. The summed E-state index contributed by atoms with van der Waals surface area (Å²) in [6.45, 7) is 9.01. The van der Waals surface area contributed by atoms with Crippen LogP contribution in [0.15, 0.2) is 54.6 Å². The summed E-state index contributed by atoms with van der Waals surface area (Å²) in [5.41, 5.74) is 2.73. The van der Waals surface area contributed by atoms with Crippen LogP contribution in [0.25, 0.3) is 0 Å². The molecule has 1 heterocycles. The van der Waals surface area contributed by atoms with Gasteiger partial charge in [-0.3, -0.25) is 9.59 Å². The van der Waals surface area contributed by atoms with Crippen LogP contribution < -0.4 is 10.2 Å². The summed E-state index contributed by atoms with van der Waals surface area (Å²) in [6.07, 6.45) is 0.634. The molecule has 5 heteroatoms. The SMILES string of the molecule is Cc1ccccc1C(=O)N[C@@H](CC(C)C)C(=O)N1CCN(c2ccccc2)CC1. The zero-order valence-electron chi connectivity index (χ0n) is 17.6. The molecule has 0 bridgehead atoms. The van der Waals surface area contributed by atoms with Gasteiger partial charge in [0.1, 0.15) is 6.04 Å². The minimum absolute atomic E-state index is 0.0216. The molecule has 1 atom stereocenters. The van der Waals surface area contributed by atoms with E-state index in [0.29, 0.717) is 31.0 Å².